The standard InChI is InChI=1S/C15H13BrF3N/c16-11-7-5-10(6-8-11)9-14(20)12-3-1-2-4-13(12)15(17,18)19/h1-8,14H,9,20H2. The van der Waals surface area contributed by atoms with Crippen LogP contribution in [0.15, 0.2) is 53.0 Å². The first-order chi connectivity index (χ1) is 9.38. The maximum atomic E-state index is 12.9. The lowest BCUT2D eigenvalue weighted by atomic mass is 9.95. The van der Waals surface area contributed by atoms with Crippen molar-refractivity contribution in [2.75, 3.05) is 0 Å². The summed E-state index contributed by atoms with van der Waals surface area (Å²) in [5, 5.41) is 0. The Labute approximate surface area is 123 Å². The lowest BCUT2D eigenvalue weighted by Gasteiger charge is -2.18. The summed E-state index contributed by atoms with van der Waals surface area (Å²) in [6, 6.07) is 12.2. The molecule has 0 radical (unpaired) electrons. The zero-order chi connectivity index (χ0) is 14.8. The van der Waals surface area contributed by atoms with E-state index in [1.807, 2.05) is 24.3 Å². The van der Waals surface area contributed by atoms with Crippen molar-refractivity contribution in [1.29, 1.82) is 0 Å². The molecule has 0 aromatic heterocycles. The molecular weight excluding hydrogens is 331 g/mol. The van der Waals surface area contributed by atoms with Gasteiger partial charge in [0.25, 0.3) is 0 Å². The van der Waals surface area contributed by atoms with Gasteiger partial charge in [-0.1, -0.05) is 46.3 Å². The van der Waals surface area contributed by atoms with E-state index in [4.69, 9.17) is 5.73 Å². The molecule has 0 spiro atoms. The molecule has 0 saturated heterocycles. The SMILES string of the molecule is NC(Cc1ccc(Br)cc1)c1ccccc1C(F)(F)F. The highest BCUT2D eigenvalue weighted by Crippen LogP contribution is 2.34. The van der Waals surface area contributed by atoms with Crippen molar-refractivity contribution in [3.8, 4) is 0 Å². The highest BCUT2D eigenvalue weighted by atomic mass is 79.9. The Kier molecular flexibility index (Phi) is 4.50. The average molecular weight is 344 g/mol. The van der Waals surface area contributed by atoms with E-state index >= 15 is 0 Å². The number of hydrogen-bond donors (Lipinski definition) is 1. The molecule has 0 aliphatic heterocycles. The summed E-state index contributed by atoms with van der Waals surface area (Å²) in [4.78, 5) is 0. The first-order valence-electron chi connectivity index (χ1n) is 6.04. The summed E-state index contributed by atoms with van der Waals surface area (Å²) in [7, 11) is 0. The lowest BCUT2D eigenvalue weighted by molar-refractivity contribution is -0.138. The summed E-state index contributed by atoms with van der Waals surface area (Å²) in [6.07, 6.45) is -4.02. The van der Waals surface area contributed by atoms with Gasteiger partial charge in [-0.25, -0.2) is 0 Å². The van der Waals surface area contributed by atoms with Crippen molar-refractivity contribution >= 4 is 15.9 Å². The van der Waals surface area contributed by atoms with Gasteiger partial charge in [-0.3, -0.25) is 0 Å². The van der Waals surface area contributed by atoms with E-state index in [0.29, 0.717) is 6.42 Å². The molecule has 0 fully saturated rings. The van der Waals surface area contributed by atoms with Gasteiger partial charge in [0.05, 0.1) is 5.56 Å². The molecule has 106 valence electrons. The Balaban J connectivity index is 2.25. The third kappa shape index (κ3) is 3.61. The monoisotopic (exact) mass is 343 g/mol. The lowest BCUT2D eigenvalue weighted by Crippen LogP contribution is -2.19. The van der Waals surface area contributed by atoms with Gasteiger partial charge in [0.2, 0.25) is 0 Å². The van der Waals surface area contributed by atoms with Crippen LogP contribution in [0.2, 0.25) is 0 Å². The zero-order valence-electron chi connectivity index (χ0n) is 10.5. The fourth-order valence-electron chi connectivity index (χ4n) is 2.06. The molecule has 1 nitrogen and oxygen atoms in total. The van der Waals surface area contributed by atoms with Crippen LogP contribution in [0.5, 0.6) is 0 Å². The summed E-state index contributed by atoms with van der Waals surface area (Å²) in [5.41, 5.74) is 6.32. The van der Waals surface area contributed by atoms with E-state index in [1.54, 1.807) is 6.07 Å². The highest BCUT2D eigenvalue weighted by Gasteiger charge is 2.34. The molecular formula is C15H13BrF3N. The van der Waals surface area contributed by atoms with Crippen molar-refractivity contribution < 1.29 is 13.2 Å². The predicted octanol–water partition coefficient (Wildman–Crippen LogP) is 4.71. The van der Waals surface area contributed by atoms with Crippen LogP contribution in [0, 0.1) is 0 Å². The van der Waals surface area contributed by atoms with Crippen LogP contribution in [-0.2, 0) is 12.6 Å². The third-order valence-electron chi connectivity index (χ3n) is 3.03. The molecule has 5 heteroatoms. The van der Waals surface area contributed by atoms with Crippen molar-refractivity contribution in [2.24, 2.45) is 5.73 Å². The number of benzene rings is 2. The predicted molar refractivity (Wildman–Crippen MR) is 76.2 cm³/mol. The van der Waals surface area contributed by atoms with E-state index in [0.717, 1.165) is 16.1 Å². The molecule has 1 unspecified atom stereocenters. The summed E-state index contributed by atoms with van der Waals surface area (Å²) in [6.45, 7) is 0. The van der Waals surface area contributed by atoms with Gasteiger partial charge in [0.15, 0.2) is 0 Å². The van der Waals surface area contributed by atoms with Crippen molar-refractivity contribution in [3.63, 3.8) is 0 Å². The van der Waals surface area contributed by atoms with Gasteiger partial charge in [-0.05, 0) is 35.7 Å². The second-order valence-electron chi connectivity index (χ2n) is 4.52. The van der Waals surface area contributed by atoms with Crippen molar-refractivity contribution in [2.45, 2.75) is 18.6 Å². The summed E-state index contributed by atoms with van der Waals surface area (Å²) < 4.78 is 39.7. The van der Waals surface area contributed by atoms with Crippen LogP contribution >= 0.6 is 15.9 Å². The van der Waals surface area contributed by atoms with Crippen molar-refractivity contribution in [3.05, 3.63) is 69.7 Å². The topological polar surface area (TPSA) is 26.0 Å². The van der Waals surface area contributed by atoms with Crippen LogP contribution in [0.1, 0.15) is 22.7 Å². The Hall–Kier alpha value is -1.33. The van der Waals surface area contributed by atoms with Crippen LogP contribution in [0.25, 0.3) is 0 Å². The summed E-state index contributed by atoms with van der Waals surface area (Å²) in [5.74, 6) is 0. The minimum absolute atomic E-state index is 0.128. The number of halogens is 4. The van der Waals surface area contributed by atoms with Gasteiger partial charge < -0.3 is 5.73 Å². The molecule has 1 atom stereocenters. The normalized spacial score (nSPS) is 13.2. The second-order valence-corrected chi connectivity index (χ2v) is 5.44. The molecule has 2 rings (SSSR count). The van der Waals surface area contributed by atoms with Crippen LogP contribution < -0.4 is 5.73 Å². The fourth-order valence-corrected chi connectivity index (χ4v) is 2.33. The Morgan fingerprint density at radius 1 is 1.00 bits per heavy atom. The largest absolute Gasteiger partial charge is 0.416 e. The molecule has 0 heterocycles. The van der Waals surface area contributed by atoms with Crippen LogP contribution in [0.4, 0.5) is 13.2 Å². The average Bonchev–Trinajstić information content (AvgIpc) is 2.40. The Morgan fingerprint density at radius 3 is 2.20 bits per heavy atom. The smallest absolute Gasteiger partial charge is 0.324 e. The van der Waals surface area contributed by atoms with E-state index in [1.165, 1.54) is 12.1 Å². The number of alkyl halides is 3. The quantitative estimate of drug-likeness (QED) is 0.857. The number of hydrogen-bond acceptors (Lipinski definition) is 1. The van der Waals surface area contributed by atoms with E-state index < -0.39 is 17.8 Å². The van der Waals surface area contributed by atoms with Crippen LogP contribution in [0.3, 0.4) is 0 Å². The van der Waals surface area contributed by atoms with Gasteiger partial charge >= 0.3 is 6.18 Å². The molecule has 0 aliphatic rings. The Bertz CT molecular complexity index is 578. The fraction of sp³-hybridized carbons (Fsp3) is 0.200. The van der Waals surface area contributed by atoms with Gasteiger partial charge in [-0.2, -0.15) is 13.2 Å². The molecule has 0 saturated carbocycles. The van der Waals surface area contributed by atoms with Gasteiger partial charge in [0, 0.05) is 10.5 Å². The molecule has 2 aromatic rings. The highest BCUT2D eigenvalue weighted by molar-refractivity contribution is 9.10. The van der Waals surface area contributed by atoms with Crippen molar-refractivity contribution in [1.82, 2.24) is 0 Å². The number of rotatable bonds is 3. The van der Waals surface area contributed by atoms with E-state index in [-0.39, 0.29) is 5.56 Å². The third-order valence-corrected chi connectivity index (χ3v) is 3.56. The second kappa shape index (κ2) is 5.97. The van der Waals surface area contributed by atoms with E-state index in [2.05, 4.69) is 15.9 Å². The molecule has 2 aromatic carbocycles. The first kappa shape index (κ1) is 15.1. The molecule has 0 bridgehead atoms. The van der Waals surface area contributed by atoms with Crippen LogP contribution in [-0.4, -0.2) is 0 Å². The minimum Gasteiger partial charge on any atom is -0.324 e. The minimum atomic E-state index is -4.38. The molecule has 20 heavy (non-hydrogen) atoms. The number of nitrogens with two attached hydrogens (primary N) is 1. The summed E-state index contributed by atoms with van der Waals surface area (Å²) >= 11 is 3.31. The maximum absolute atomic E-state index is 12.9. The van der Waals surface area contributed by atoms with E-state index in [9.17, 15) is 13.2 Å². The first-order valence-corrected chi connectivity index (χ1v) is 6.83. The molecule has 2 N–H and O–H groups in total. The van der Waals surface area contributed by atoms with Gasteiger partial charge in [0.1, 0.15) is 0 Å². The zero-order valence-corrected chi connectivity index (χ0v) is 12.1. The molecule has 0 amide bonds. The molecule has 0 aliphatic carbocycles. The van der Waals surface area contributed by atoms with Gasteiger partial charge in [-0.15, -0.1) is 0 Å². The Morgan fingerprint density at radius 2 is 1.60 bits per heavy atom. The maximum Gasteiger partial charge on any atom is 0.416 e.